The van der Waals surface area contributed by atoms with Gasteiger partial charge in [0.15, 0.2) is 15.9 Å². The number of hydrogen-bond acceptors (Lipinski definition) is 5. The molecule has 2 heterocycles. The monoisotopic (exact) mass is 270 g/mol. The normalized spacial score (nSPS) is 37.1. The van der Waals surface area contributed by atoms with Crippen molar-refractivity contribution in [3.8, 4) is 6.07 Å². The van der Waals surface area contributed by atoms with Gasteiger partial charge in [-0.15, -0.1) is 0 Å². The molecule has 3 atom stereocenters. The van der Waals surface area contributed by atoms with Gasteiger partial charge >= 0.3 is 5.97 Å². The summed E-state index contributed by atoms with van der Waals surface area (Å²) in [5.41, 5.74) is 0. The van der Waals surface area contributed by atoms with E-state index in [0.717, 1.165) is 17.1 Å². The first-order valence-electron chi connectivity index (χ1n) is 5.12. The zero-order chi connectivity index (χ0) is 13.7. The van der Waals surface area contributed by atoms with Crippen LogP contribution >= 0.6 is 0 Å². The van der Waals surface area contributed by atoms with E-state index in [9.17, 15) is 18.0 Å². The third-order valence-corrected chi connectivity index (χ3v) is 6.16. The van der Waals surface area contributed by atoms with Crippen LogP contribution in [0.5, 0.6) is 0 Å². The largest absolute Gasteiger partial charge is 0.480 e. The molecule has 0 saturated carbocycles. The Kier molecular flexibility index (Phi) is 2.48. The molecule has 1 amide bonds. The Balaban J connectivity index is 2.61. The predicted octanol–water partition coefficient (Wildman–Crippen LogP) is -0.735. The van der Waals surface area contributed by atoms with E-state index in [4.69, 9.17) is 10.4 Å². The molecule has 0 bridgehead atoms. The van der Waals surface area contributed by atoms with Crippen LogP contribution in [0.2, 0.25) is 0 Å². The zero-order valence-electron chi connectivity index (χ0n) is 9.40. The van der Waals surface area contributed by atoms with Gasteiger partial charge in [-0.1, -0.05) is 6.08 Å². The Morgan fingerprint density at radius 1 is 1.67 bits per heavy atom. The van der Waals surface area contributed by atoms with Crippen molar-refractivity contribution < 1.29 is 23.1 Å². The first kappa shape index (κ1) is 12.6. The van der Waals surface area contributed by atoms with Gasteiger partial charge in [0, 0.05) is 6.08 Å². The lowest BCUT2D eigenvalue weighted by Crippen LogP contribution is -2.57. The second-order valence-corrected chi connectivity index (χ2v) is 6.91. The number of carbonyl (C=O) groups is 2. The molecular weight excluding hydrogens is 260 g/mol. The predicted molar refractivity (Wildman–Crippen MR) is 58.8 cm³/mol. The summed E-state index contributed by atoms with van der Waals surface area (Å²) in [6, 6.07) is 0.163. The number of aliphatic carboxylic acids is 1. The number of allylic oxidation sites excluding steroid dienone is 1. The standard InChI is InChI=1S/C10H10N2O5S/c1-10(3-2-4-11)8(9(14)15)12-6(13)5-7(12)18(10,16)17/h2-3,7-8H,5H2,1H3,(H,14,15)/t7-,8+,10+/m1/s1. The number of sulfone groups is 1. The van der Waals surface area contributed by atoms with Crippen LogP contribution < -0.4 is 0 Å². The van der Waals surface area contributed by atoms with Gasteiger partial charge in [-0.2, -0.15) is 5.26 Å². The maximum Gasteiger partial charge on any atom is 0.328 e. The molecule has 8 heteroatoms. The Morgan fingerprint density at radius 3 is 2.72 bits per heavy atom. The summed E-state index contributed by atoms with van der Waals surface area (Å²) >= 11 is 0. The van der Waals surface area contributed by atoms with E-state index >= 15 is 0 Å². The van der Waals surface area contributed by atoms with Crippen LogP contribution in [0.1, 0.15) is 13.3 Å². The van der Waals surface area contributed by atoms with Crippen molar-refractivity contribution in [1.82, 2.24) is 4.90 Å². The number of hydrogen-bond donors (Lipinski definition) is 1. The van der Waals surface area contributed by atoms with Gasteiger partial charge in [-0.25, -0.2) is 13.2 Å². The molecule has 0 unspecified atom stereocenters. The Hall–Kier alpha value is -1.88. The molecular formula is C10H10N2O5S. The minimum atomic E-state index is -3.84. The number of carboxylic acids is 1. The molecule has 0 aromatic heterocycles. The molecule has 0 aliphatic carbocycles. The summed E-state index contributed by atoms with van der Waals surface area (Å²) in [4.78, 5) is 23.5. The summed E-state index contributed by atoms with van der Waals surface area (Å²) in [7, 11) is -3.84. The van der Waals surface area contributed by atoms with E-state index in [1.807, 2.05) is 0 Å². The molecule has 96 valence electrons. The van der Waals surface area contributed by atoms with Gasteiger partial charge < -0.3 is 10.0 Å². The Bertz CT molecular complexity index is 602. The highest BCUT2D eigenvalue weighted by Gasteiger charge is 2.68. The average Bonchev–Trinajstić information content (AvgIpc) is 2.41. The molecule has 2 fully saturated rings. The highest BCUT2D eigenvalue weighted by molar-refractivity contribution is 7.94. The van der Waals surface area contributed by atoms with Crippen LogP contribution in [0, 0.1) is 11.3 Å². The molecule has 0 radical (unpaired) electrons. The molecule has 2 aliphatic heterocycles. The van der Waals surface area contributed by atoms with Crippen molar-refractivity contribution in [3.63, 3.8) is 0 Å². The summed E-state index contributed by atoms with van der Waals surface area (Å²) in [6.45, 7) is 1.22. The summed E-state index contributed by atoms with van der Waals surface area (Å²) in [5, 5.41) is 16.5. The van der Waals surface area contributed by atoms with Crippen LogP contribution in [0.3, 0.4) is 0 Å². The number of nitriles is 1. The van der Waals surface area contributed by atoms with Crippen molar-refractivity contribution in [1.29, 1.82) is 5.26 Å². The molecule has 2 rings (SSSR count). The lowest BCUT2D eigenvalue weighted by atomic mass is 9.96. The highest BCUT2D eigenvalue weighted by Crippen LogP contribution is 2.46. The Morgan fingerprint density at radius 2 is 2.28 bits per heavy atom. The quantitative estimate of drug-likeness (QED) is 0.522. The second-order valence-electron chi connectivity index (χ2n) is 4.39. The number of carboxylic acid groups (broad SMARTS) is 1. The van der Waals surface area contributed by atoms with Crippen molar-refractivity contribution in [2.24, 2.45) is 0 Å². The molecule has 18 heavy (non-hydrogen) atoms. The smallest absolute Gasteiger partial charge is 0.328 e. The number of rotatable bonds is 2. The van der Waals surface area contributed by atoms with E-state index in [-0.39, 0.29) is 6.42 Å². The molecule has 2 saturated heterocycles. The molecule has 0 aromatic rings. The van der Waals surface area contributed by atoms with Gasteiger partial charge in [-0.3, -0.25) is 4.79 Å². The number of fused-ring (bicyclic) bond motifs is 1. The van der Waals surface area contributed by atoms with E-state index in [1.54, 1.807) is 6.07 Å². The fraction of sp³-hybridized carbons (Fsp3) is 0.500. The van der Waals surface area contributed by atoms with Gasteiger partial charge in [0.25, 0.3) is 0 Å². The second kappa shape index (κ2) is 3.55. The van der Waals surface area contributed by atoms with Crippen LogP contribution in [0.4, 0.5) is 0 Å². The fourth-order valence-electron chi connectivity index (χ4n) is 2.45. The van der Waals surface area contributed by atoms with Crippen molar-refractivity contribution >= 4 is 21.7 Å². The molecule has 7 nitrogen and oxygen atoms in total. The van der Waals surface area contributed by atoms with E-state index in [1.165, 1.54) is 6.92 Å². The Labute approximate surface area is 103 Å². The summed E-state index contributed by atoms with van der Waals surface area (Å²) in [6.07, 6.45) is 1.79. The van der Waals surface area contributed by atoms with Gasteiger partial charge in [0.1, 0.15) is 10.1 Å². The highest BCUT2D eigenvalue weighted by atomic mass is 32.2. The average molecular weight is 270 g/mol. The lowest BCUT2D eigenvalue weighted by molar-refractivity contribution is -0.157. The van der Waals surface area contributed by atoms with E-state index in [2.05, 4.69) is 0 Å². The molecule has 1 N–H and O–H groups in total. The van der Waals surface area contributed by atoms with Crippen molar-refractivity contribution in [2.45, 2.75) is 29.5 Å². The van der Waals surface area contributed by atoms with Crippen molar-refractivity contribution in [2.75, 3.05) is 0 Å². The molecule has 2 aliphatic rings. The number of amides is 1. The van der Waals surface area contributed by atoms with Crippen LogP contribution in [-0.4, -0.2) is 46.5 Å². The van der Waals surface area contributed by atoms with Crippen LogP contribution in [0.15, 0.2) is 12.2 Å². The van der Waals surface area contributed by atoms with Crippen molar-refractivity contribution in [3.05, 3.63) is 12.2 Å². The fourth-order valence-corrected chi connectivity index (χ4v) is 4.72. The lowest BCUT2D eigenvalue weighted by Gasteiger charge is -2.35. The molecule has 0 spiro atoms. The van der Waals surface area contributed by atoms with Gasteiger partial charge in [0.05, 0.1) is 12.5 Å². The topological polar surface area (TPSA) is 116 Å². The maximum atomic E-state index is 12.2. The number of β-lactam (4-membered cyclic amide) rings is 1. The molecule has 0 aromatic carbocycles. The third kappa shape index (κ3) is 1.25. The third-order valence-electron chi connectivity index (χ3n) is 3.46. The van der Waals surface area contributed by atoms with Gasteiger partial charge in [-0.05, 0) is 6.92 Å². The first-order chi connectivity index (χ1) is 8.27. The van der Waals surface area contributed by atoms with Crippen LogP contribution in [-0.2, 0) is 19.4 Å². The van der Waals surface area contributed by atoms with E-state index < -0.39 is 37.9 Å². The summed E-state index contributed by atoms with van der Waals surface area (Å²) in [5.74, 6) is -1.88. The van der Waals surface area contributed by atoms with E-state index in [0.29, 0.717) is 0 Å². The van der Waals surface area contributed by atoms with Crippen LogP contribution in [0.25, 0.3) is 0 Å². The van der Waals surface area contributed by atoms with Gasteiger partial charge in [0.2, 0.25) is 5.91 Å². The summed E-state index contributed by atoms with van der Waals surface area (Å²) < 4.78 is 22.7. The number of nitrogens with zero attached hydrogens (tertiary/aromatic N) is 2. The first-order valence-corrected chi connectivity index (χ1v) is 6.66. The number of carbonyl (C=O) groups excluding carboxylic acids is 1. The zero-order valence-corrected chi connectivity index (χ0v) is 10.2. The minimum Gasteiger partial charge on any atom is -0.480 e. The minimum absolute atomic E-state index is 0.192. The maximum absolute atomic E-state index is 12.2. The SMILES string of the molecule is C[C@]1(C=CC#N)[C@H](C(=O)O)N2C(=O)C[C@H]2S1(=O)=O.